The number of aryl methyl sites for hydroxylation is 2. The number of nitrogens with zero attached hydrogens (tertiary/aromatic N) is 2. The van der Waals surface area contributed by atoms with Crippen molar-refractivity contribution >= 4 is 144 Å². The van der Waals surface area contributed by atoms with Crippen LogP contribution in [0.5, 0.6) is 0 Å². The number of rotatable bonds is 28. The summed E-state index contributed by atoms with van der Waals surface area (Å²) in [5.41, 5.74) is 10.4. The smallest absolute Gasteiger partial charge is 0.399 e. The molecule has 0 spiro atoms. The first-order valence-corrected chi connectivity index (χ1v) is 40.8. The topological polar surface area (TPSA) is 72.8 Å². The molecule has 0 radical (unpaired) electrons. The molecule has 3 fully saturated rings. The summed E-state index contributed by atoms with van der Waals surface area (Å²) in [4.78, 5) is 2.28. The molecule has 3 saturated heterocycles. The van der Waals surface area contributed by atoms with E-state index >= 15 is 0 Å². The molecule has 0 aliphatic carbocycles. The fraction of sp³-hybridized carbons (Fsp3) is 0.435. The van der Waals surface area contributed by atoms with Gasteiger partial charge in [0.1, 0.15) is 11.6 Å². The first-order chi connectivity index (χ1) is 49.2. The first-order valence-electron chi connectivity index (χ1n) is 36.8. The minimum atomic E-state index is -0.630. The second-order valence-corrected chi connectivity index (χ2v) is 33.9. The Morgan fingerprint density at radius 3 is 1.23 bits per heavy atom. The second kappa shape index (κ2) is 38.5. The third-order valence-electron chi connectivity index (χ3n) is 20.5. The summed E-state index contributed by atoms with van der Waals surface area (Å²) in [6.45, 7) is 28.4. The number of hydrogen-bond donors (Lipinski definition) is 0. The van der Waals surface area contributed by atoms with Gasteiger partial charge in [-0.05, 0) is 253 Å². The highest BCUT2D eigenvalue weighted by Gasteiger charge is 2.53. The highest BCUT2D eigenvalue weighted by molar-refractivity contribution is 9.11. The number of unbranched alkanes of at least 4 members (excludes halogenated alkanes) is 9. The molecular weight excluding hydrogens is 1620 g/mol. The Bertz CT molecular complexity index is 3920. The molecule has 103 heavy (non-hydrogen) atoms. The molecule has 8 aromatic carbocycles. The molecule has 9 nitrogen and oxygen atoms in total. The summed E-state index contributed by atoms with van der Waals surface area (Å²) in [6.07, 6.45) is 18.9. The molecule has 9 aromatic rings. The summed E-state index contributed by atoms with van der Waals surface area (Å²) < 4.78 is 76.0. The van der Waals surface area contributed by atoms with Gasteiger partial charge >= 0.3 is 14.2 Å². The van der Waals surface area contributed by atoms with Gasteiger partial charge in [0.2, 0.25) is 0 Å². The molecule has 0 atom stereocenters. The van der Waals surface area contributed by atoms with Crippen molar-refractivity contribution in [2.24, 2.45) is 5.41 Å². The average Bonchev–Trinajstić information content (AvgIpc) is 1.60. The summed E-state index contributed by atoms with van der Waals surface area (Å²) in [7, 11) is -0.779. The maximum Gasteiger partial charge on any atom is 0.494 e. The third kappa shape index (κ3) is 22.6. The van der Waals surface area contributed by atoms with Crippen molar-refractivity contribution in [1.29, 1.82) is 0 Å². The number of benzene rings is 8. The first kappa shape index (κ1) is 82.5. The lowest BCUT2D eigenvalue weighted by Gasteiger charge is -2.40. The van der Waals surface area contributed by atoms with Crippen LogP contribution in [0.2, 0.25) is 0 Å². The minimum Gasteiger partial charge on any atom is -0.399 e. The van der Waals surface area contributed by atoms with Gasteiger partial charge in [0.05, 0.1) is 70.0 Å². The van der Waals surface area contributed by atoms with Crippen molar-refractivity contribution in [3.63, 3.8) is 0 Å². The third-order valence-corrected chi connectivity index (χ3v) is 23.3. The lowest BCUT2D eigenvalue weighted by molar-refractivity contribution is -0.150. The van der Waals surface area contributed by atoms with Crippen LogP contribution in [-0.2, 0) is 52.3 Å². The van der Waals surface area contributed by atoms with E-state index < -0.39 is 11.6 Å². The van der Waals surface area contributed by atoms with Crippen LogP contribution in [0.25, 0.3) is 27.5 Å². The van der Waals surface area contributed by atoms with Crippen LogP contribution in [0.1, 0.15) is 176 Å². The van der Waals surface area contributed by atoms with Crippen molar-refractivity contribution in [1.82, 2.24) is 4.57 Å². The van der Waals surface area contributed by atoms with E-state index in [1.54, 1.807) is 0 Å². The number of hydrogen-bond acceptors (Lipinski definition) is 8. The molecule has 0 amide bonds. The summed E-state index contributed by atoms with van der Waals surface area (Å²) in [5, 5.41) is 2.01. The van der Waals surface area contributed by atoms with Crippen LogP contribution >= 0.6 is 79.6 Å². The maximum absolute atomic E-state index is 14.0. The van der Waals surface area contributed by atoms with Gasteiger partial charge in [-0.2, -0.15) is 0 Å². The molecule has 18 heteroatoms. The van der Waals surface area contributed by atoms with Gasteiger partial charge < -0.3 is 42.3 Å². The predicted octanol–water partition coefficient (Wildman–Crippen LogP) is 24.8. The summed E-state index contributed by atoms with van der Waals surface area (Å²) in [6, 6.07) is 57.3. The van der Waals surface area contributed by atoms with Crippen LogP contribution in [0, 0.1) is 17.0 Å². The van der Waals surface area contributed by atoms with E-state index in [2.05, 4.69) is 282 Å². The van der Waals surface area contributed by atoms with Gasteiger partial charge in [0, 0.05) is 64.4 Å². The summed E-state index contributed by atoms with van der Waals surface area (Å²) in [5.74, 6) is -1.26. The lowest BCUT2D eigenvalue weighted by atomic mass is 9.79. The van der Waals surface area contributed by atoms with E-state index in [9.17, 15) is 8.78 Å². The monoisotopic (exact) mass is 1720 g/mol. The Hall–Kier alpha value is -4.53. The van der Waals surface area contributed by atoms with E-state index in [0.717, 1.165) is 122 Å². The molecule has 0 unspecified atom stereocenters. The van der Waals surface area contributed by atoms with Crippen LogP contribution in [0.15, 0.2) is 192 Å². The van der Waals surface area contributed by atoms with Crippen LogP contribution in [0.3, 0.4) is 0 Å². The molecule has 3 aliphatic heterocycles. The fourth-order valence-corrected chi connectivity index (χ4v) is 13.9. The Kier molecular flexibility index (Phi) is 30.9. The van der Waals surface area contributed by atoms with E-state index in [1.165, 1.54) is 104 Å². The molecular formula is C85H103B2Br5F2N2O7. The largest absolute Gasteiger partial charge is 0.494 e. The van der Waals surface area contributed by atoms with Crippen molar-refractivity contribution in [3.05, 3.63) is 221 Å². The Labute approximate surface area is 655 Å². The predicted molar refractivity (Wildman–Crippen MR) is 443 cm³/mol. The van der Waals surface area contributed by atoms with Crippen molar-refractivity contribution in [2.75, 3.05) is 37.9 Å². The molecule has 0 bridgehead atoms. The van der Waals surface area contributed by atoms with Gasteiger partial charge in [-0.15, -0.1) is 0 Å². The van der Waals surface area contributed by atoms with Crippen molar-refractivity contribution in [3.8, 4) is 5.69 Å². The van der Waals surface area contributed by atoms with Crippen LogP contribution in [-0.4, -0.2) is 74.2 Å². The Balaban J connectivity index is 0.000000171. The van der Waals surface area contributed by atoms with Gasteiger partial charge in [0.25, 0.3) is 0 Å². The molecule has 1 aromatic heterocycles. The quantitative estimate of drug-likeness (QED) is 0.0273. The molecule has 550 valence electrons. The van der Waals surface area contributed by atoms with E-state index in [0.29, 0.717) is 17.7 Å². The second-order valence-electron chi connectivity index (χ2n) is 29.5. The molecule has 0 saturated carbocycles. The number of aromatic nitrogens is 1. The van der Waals surface area contributed by atoms with E-state index in [1.807, 2.05) is 41.0 Å². The fourth-order valence-electron chi connectivity index (χ4n) is 12.4. The molecule has 3 aliphatic rings. The van der Waals surface area contributed by atoms with E-state index in [4.69, 9.17) is 32.8 Å². The normalized spacial score (nSPS) is 16.0. The zero-order valence-corrected chi connectivity index (χ0v) is 70.0. The number of fused-ring (bicyclic) bond motifs is 3. The van der Waals surface area contributed by atoms with Gasteiger partial charge in [-0.1, -0.05) is 197 Å². The summed E-state index contributed by atoms with van der Waals surface area (Å²) >= 11 is 16.8. The average molecular weight is 1720 g/mol. The molecule has 12 rings (SSSR count). The maximum atomic E-state index is 14.0. The number of ether oxygens (including phenoxy) is 3. The number of halogens is 7. The Morgan fingerprint density at radius 2 is 0.806 bits per heavy atom. The minimum absolute atomic E-state index is 0.155. The van der Waals surface area contributed by atoms with Crippen molar-refractivity contribution < 1.29 is 41.6 Å². The van der Waals surface area contributed by atoms with E-state index in [-0.39, 0.29) is 41.1 Å². The zero-order chi connectivity index (χ0) is 74.0. The SMILES string of the molecule is CCC1(COCCCCCCOCc2ccc(Br)cc2)COC1.CCCCCCCCc1ccc(Br)cc1.CCCCc1ccc(N(c2ccc(B3OC(C)(C)C(C)(C)O3)cc2)c2ccc(B3OC(C)(C)C(C)(C)O3)cc2)cc1.Fc1cc(-n2c3ccc(Br)cc3c3cc(Br)ccc32)cc(F)c1Br. The van der Waals surface area contributed by atoms with Gasteiger partial charge in [-0.3, -0.25) is 0 Å². The number of anilines is 3. The van der Waals surface area contributed by atoms with Gasteiger partial charge in [-0.25, -0.2) is 8.78 Å². The van der Waals surface area contributed by atoms with Crippen LogP contribution in [0.4, 0.5) is 25.8 Å². The van der Waals surface area contributed by atoms with Crippen molar-refractivity contribution in [2.45, 2.75) is 201 Å². The lowest BCUT2D eigenvalue weighted by Crippen LogP contribution is -2.45. The van der Waals surface area contributed by atoms with Crippen LogP contribution < -0.4 is 15.8 Å². The standard InChI is InChI=1S/C34H45B2NO4.C19H29BrO3.C18H8Br3F2N.C14H21Br/c1-10-11-12-25-13-19-28(20-14-25)37(29-21-15-26(16-22-29)35-38-31(2,3)32(4,5)39-35)30-23-17-27(18-24-30)36-40-33(6,7)34(8,9)41-36;1-2-19(15-23-16-19)14-22-12-6-4-3-5-11-21-13-17-7-9-18(20)10-8-17;19-9-1-3-16-12(5-9)13-6-10(20)2-4-17(13)24(16)11-7-14(22)18(21)15(23)8-11;1-2-3-4-5-6-7-8-13-9-11-14(15)12-10-13/h13-24H,10-12H2,1-9H3;7-10H,2-6,11-16H2,1H3;1-8H;9-12H,2-8H2,1H3. The highest BCUT2D eigenvalue weighted by Crippen LogP contribution is 2.41. The molecule has 4 heterocycles. The van der Waals surface area contributed by atoms with Gasteiger partial charge in [0.15, 0.2) is 0 Å². The highest BCUT2D eigenvalue weighted by atomic mass is 79.9. The Morgan fingerprint density at radius 1 is 0.427 bits per heavy atom. The zero-order valence-electron chi connectivity index (χ0n) is 62.1. The molecule has 0 N–H and O–H groups in total.